The lowest BCUT2D eigenvalue weighted by molar-refractivity contribution is -0.184. The van der Waals surface area contributed by atoms with Gasteiger partial charge in [0.15, 0.2) is 11.9 Å². The predicted molar refractivity (Wildman–Crippen MR) is 139 cm³/mol. The summed E-state index contributed by atoms with van der Waals surface area (Å²) in [4.78, 5) is 14.0. The molecule has 2 saturated heterocycles. The quantitative estimate of drug-likeness (QED) is 0.542. The molecule has 2 aromatic carbocycles. The highest BCUT2D eigenvalue weighted by Crippen LogP contribution is 2.64. The van der Waals surface area contributed by atoms with E-state index in [1.54, 1.807) is 14.2 Å². The van der Waals surface area contributed by atoms with Crippen LogP contribution in [0.1, 0.15) is 37.3 Å². The monoisotopic (exact) mass is 482 g/mol. The molecule has 4 aliphatic rings. The van der Waals surface area contributed by atoms with Crippen LogP contribution in [0.4, 0.5) is 0 Å². The predicted octanol–water partition coefficient (Wildman–Crippen LogP) is 5.92. The van der Waals surface area contributed by atoms with E-state index in [-0.39, 0.29) is 5.78 Å². The Labute approximate surface area is 211 Å². The van der Waals surface area contributed by atoms with Gasteiger partial charge in [-0.25, -0.2) is 0 Å². The van der Waals surface area contributed by atoms with Crippen LogP contribution in [-0.4, -0.2) is 37.5 Å². The first-order valence-corrected chi connectivity index (χ1v) is 12.4. The molecule has 5 heteroatoms. The van der Waals surface area contributed by atoms with E-state index in [0.717, 1.165) is 53.0 Å². The Balaban J connectivity index is 1.50. The minimum atomic E-state index is -1.11. The molecule has 2 aliphatic heterocycles. The van der Waals surface area contributed by atoms with E-state index in [1.165, 1.54) is 0 Å². The van der Waals surface area contributed by atoms with Gasteiger partial charge in [-0.3, -0.25) is 4.79 Å². The number of ketones is 1. The van der Waals surface area contributed by atoms with E-state index in [9.17, 15) is 4.79 Å². The molecule has 0 radical (unpaired) electrons. The molecule has 6 rings (SSSR count). The van der Waals surface area contributed by atoms with Gasteiger partial charge in [-0.05, 0) is 78.8 Å². The molecule has 0 amide bonds. The Hall–Kier alpha value is -3.41. The summed E-state index contributed by atoms with van der Waals surface area (Å²) in [5.74, 6) is 0.564. The van der Waals surface area contributed by atoms with Gasteiger partial charge in [0.2, 0.25) is 5.79 Å². The second-order valence-corrected chi connectivity index (χ2v) is 10.0. The summed E-state index contributed by atoms with van der Waals surface area (Å²) in [6, 6.07) is 15.9. The Bertz CT molecular complexity index is 1250. The minimum absolute atomic E-state index is 0.0671. The fourth-order valence-electron chi connectivity index (χ4n) is 6.04. The van der Waals surface area contributed by atoms with Crippen molar-refractivity contribution in [1.82, 2.24) is 0 Å². The number of benzene rings is 2. The van der Waals surface area contributed by atoms with Crippen molar-refractivity contribution in [3.63, 3.8) is 0 Å². The Morgan fingerprint density at radius 1 is 0.833 bits per heavy atom. The molecule has 5 nitrogen and oxygen atoms in total. The highest BCUT2D eigenvalue weighted by molar-refractivity contribution is 5.98. The highest BCUT2D eigenvalue weighted by Gasteiger charge is 2.76. The van der Waals surface area contributed by atoms with Gasteiger partial charge < -0.3 is 18.9 Å². The van der Waals surface area contributed by atoms with Gasteiger partial charge in [0.05, 0.1) is 14.2 Å². The maximum Gasteiger partial charge on any atom is 0.206 e. The van der Waals surface area contributed by atoms with Crippen LogP contribution in [0.2, 0.25) is 0 Å². The van der Waals surface area contributed by atoms with Gasteiger partial charge in [-0.2, -0.15) is 0 Å². The van der Waals surface area contributed by atoms with Crippen LogP contribution >= 0.6 is 0 Å². The fraction of sp³-hybridized carbons (Fsp3) is 0.323. The molecule has 2 heterocycles. The number of ether oxygens (including phenoxy) is 4. The Kier molecular flexibility index (Phi) is 5.32. The lowest BCUT2D eigenvalue weighted by Crippen LogP contribution is -2.60. The van der Waals surface area contributed by atoms with Crippen LogP contribution in [0, 0.1) is 5.41 Å². The van der Waals surface area contributed by atoms with E-state index < -0.39 is 22.9 Å². The second-order valence-electron chi connectivity index (χ2n) is 10.0. The number of fused-ring (bicyclic) bond motifs is 2. The smallest absolute Gasteiger partial charge is 0.206 e. The SMILES string of the molecule is COc1ccc(/C=C2\CCC/C(=C\c3ccc(OC)cc3)C23O[C@@]24C=CC=C[C@]2(C)C(=O)[C@@H]3O4)cc1. The second kappa shape index (κ2) is 8.32. The topological polar surface area (TPSA) is 54.0 Å². The highest BCUT2D eigenvalue weighted by atomic mass is 16.8. The summed E-state index contributed by atoms with van der Waals surface area (Å²) in [6.45, 7) is 1.92. The molecule has 2 aliphatic carbocycles. The average Bonchev–Trinajstić information content (AvgIpc) is 3.36. The molecule has 36 heavy (non-hydrogen) atoms. The van der Waals surface area contributed by atoms with Crippen molar-refractivity contribution < 1.29 is 23.7 Å². The number of allylic oxidation sites excluding steroid dienone is 2. The molecule has 0 aromatic heterocycles. The number of hydrogen-bond acceptors (Lipinski definition) is 5. The fourth-order valence-corrected chi connectivity index (χ4v) is 6.04. The van der Waals surface area contributed by atoms with Crippen LogP contribution in [0.15, 0.2) is 84.0 Å². The summed E-state index contributed by atoms with van der Waals surface area (Å²) in [7, 11) is 3.32. The number of rotatable bonds is 4. The molecule has 0 unspecified atom stereocenters. The lowest BCUT2D eigenvalue weighted by Gasteiger charge is -2.48. The number of Topliss-reactive ketones (excluding diaryl/α,β-unsaturated/α-hetero) is 1. The first-order chi connectivity index (χ1) is 17.4. The molecule has 2 bridgehead atoms. The van der Waals surface area contributed by atoms with E-state index in [0.29, 0.717) is 0 Å². The minimum Gasteiger partial charge on any atom is -0.497 e. The van der Waals surface area contributed by atoms with Crippen molar-refractivity contribution in [3.8, 4) is 11.5 Å². The molecule has 184 valence electrons. The number of carbonyl (C=O) groups is 1. The molecule has 2 spiro atoms. The summed E-state index contributed by atoms with van der Waals surface area (Å²) in [5.41, 5.74) is 2.41. The van der Waals surface area contributed by atoms with E-state index in [4.69, 9.17) is 18.9 Å². The number of hydrogen-bond donors (Lipinski definition) is 0. The van der Waals surface area contributed by atoms with Gasteiger partial charge in [0, 0.05) is 0 Å². The third-order valence-electron chi connectivity index (χ3n) is 8.06. The normalized spacial score (nSPS) is 31.9. The molecule has 3 atom stereocenters. The van der Waals surface area contributed by atoms with Crippen molar-refractivity contribution in [2.45, 2.75) is 43.7 Å². The standard InChI is InChI=1S/C31H30O5/c1-29-17-4-5-18-30(29)35-28(27(29)32)31(36-30)23(19-21-9-13-25(33-2)14-10-21)7-6-8-24(31)20-22-11-15-26(34-3)16-12-22/h4-5,9-20,28H,6-8H2,1-3H3/b23-19+,24-20+/t28-,29+,30-/m0/s1. The van der Waals surface area contributed by atoms with E-state index in [2.05, 4.69) is 12.2 Å². The van der Waals surface area contributed by atoms with Crippen molar-refractivity contribution in [2.24, 2.45) is 5.41 Å². The van der Waals surface area contributed by atoms with Gasteiger partial charge >= 0.3 is 0 Å². The van der Waals surface area contributed by atoms with Crippen LogP contribution in [0.25, 0.3) is 12.2 Å². The molecule has 0 N–H and O–H groups in total. The Morgan fingerprint density at radius 2 is 1.36 bits per heavy atom. The zero-order chi connectivity index (χ0) is 25.0. The molecule has 1 saturated carbocycles. The van der Waals surface area contributed by atoms with Crippen LogP contribution in [0.3, 0.4) is 0 Å². The van der Waals surface area contributed by atoms with Crippen LogP contribution in [-0.2, 0) is 14.3 Å². The van der Waals surface area contributed by atoms with Crippen LogP contribution < -0.4 is 9.47 Å². The first-order valence-electron chi connectivity index (χ1n) is 12.4. The van der Waals surface area contributed by atoms with Crippen molar-refractivity contribution in [2.75, 3.05) is 14.2 Å². The Morgan fingerprint density at radius 3 is 1.89 bits per heavy atom. The average molecular weight is 483 g/mol. The van der Waals surface area contributed by atoms with Gasteiger partial charge in [0.25, 0.3) is 0 Å². The third kappa shape index (κ3) is 3.19. The molecular formula is C31H30O5. The van der Waals surface area contributed by atoms with Gasteiger partial charge in [-0.1, -0.05) is 54.6 Å². The summed E-state index contributed by atoms with van der Waals surface area (Å²) < 4.78 is 24.3. The molecular weight excluding hydrogens is 452 g/mol. The van der Waals surface area contributed by atoms with E-state index in [1.807, 2.05) is 79.8 Å². The zero-order valence-electron chi connectivity index (χ0n) is 20.8. The van der Waals surface area contributed by atoms with E-state index >= 15 is 0 Å². The number of methoxy groups -OCH3 is 2. The summed E-state index contributed by atoms with van der Waals surface area (Å²) >= 11 is 0. The van der Waals surface area contributed by atoms with Gasteiger partial charge in [-0.15, -0.1) is 0 Å². The lowest BCUT2D eigenvalue weighted by atomic mass is 9.64. The first kappa shape index (κ1) is 23.0. The van der Waals surface area contributed by atoms with Gasteiger partial charge in [0.1, 0.15) is 22.5 Å². The van der Waals surface area contributed by atoms with Crippen LogP contribution in [0.5, 0.6) is 11.5 Å². The van der Waals surface area contributed by atoms with Crippen molar-refractivity contribution in [1.29, 1.82) is 0 Å². The van der Waals surface area contributed by atoms with Crippen molar-refractivity contribution in [3.05, 3.63) is 95.1 Å². The zero-order valence-corrected chi connectivity index (χ0v) is 20.8. The maximum absolute atomic E-state index is 14.0. The summed E-state index contributed by atoms with van der Waals surface area (Å²) in [6.07, 6.45) is 13.9. The van der Waals surface area contributed by atoms with Crippen molar-refractivity contribution >= 4 is 17.9 Å². The molecule has 3 fully saturated rings. The maximum atomic E-state index is 14.0. The third-order valence-corrected chi connectivity index (χ3v) is 8.06. The molecule has 2 aromatic rings. The number of carbonyl (C=O) groups excluding carboxylic acids is 1. The largest absolute Gasteiger partial charge is 0.497 e. The summed E-state index contributed by atoms with van der Waals surface area (Å²) in [5, 5.41) is 0.